The molecular formula is C13H18BrN3S. The van der Waals surface area contributed by atoms with Gasteiger partial charge in [-0.1, -0.05) is 0 Å². The minimum atomic E-state index is 0.319. The van der Waals surface area contributed by atoms with Crippen LogP contribution in [0.15, 0.2) is 15.9 Å². The summed E-state index contributed by atoms with van der Waals surface area (Å²) in [6.07, 6.45) is 0. The zero-order valence-electron chi connectivity index (χ0n) is 11.1. The Balaban J connectivity index is 2.05. The van der Waals surface area contributed by atoms with Crippen molar-refractivity contribution in [3.8, 4) is 0 Å². The molecule has 1 atom stereocenters. The molecule has 1 N–H and O–H groups in total. The number of hydrogen-bond donors (Lipinski definition) is 1. The molecule has 0 amide bonds. The van der Waals surface area contributed by atoms with Crippen LogP contribution in [0.1, 0.15) is 34.8 Å². The number of hydrogen-bond acceptors (Lipinski definition) is 3. The topological polar surface area (TPSA) is 29.9 Å². The molecule has 0 saturated carbocycles. The van der Waals surface area contributed by atoms with E-state index < -0.39 is 0 Å². The largest absolute Gasteiger partial charge is 0.305 e. The highest BCUT2D eigenvalue weighted by atomic mass is 79.9. The van der Waals surface area contributed by atoms with E-state index >= 15 is 0 Å². The average Bonchev–Trinajstić information content (AvgIpc) is 2.82. The second-order valence-electron chi connectivity index (χ2n) is 4.54. The van der Waals surface area contributed by atoms with Gasteiger partial charge in [0.1, 0.15) is 0 Å². The van der Waals surface area contributed by atoms with Crippen molar-refractivity contribution in [1.29, 1.82) is 0 Å². The van der Waals surface area contributed by atoms with Crippen molar-refractivity contribution in [2.75, 3.05) is 0 Å². The van der Waals surface area contributed by atoms with Crippen molar-refractivity contribution in [1.82, 2.24) is 15.1 Å². The fourth-order valence-corrected chi connectivity index (χ4v) is 3.62. The van der Waals surface area contributed by atoms with Gasteiger partial charge in [-0.2, -0.15) is 5.10 Å². The third-order valence-electron chi connectivity index (χ3n) is 3.20. The first kappa shape index (κ1) is 13.8. The van der Waals surface area contributed by atoms with Crippen molar-refractivity contribution >= 4 is 27.3 Å². The molecule has 0 aliphatic carbocycles. The highest BCUT2D eigenvalue weighted by Crippen LogP contribution is 2.23. The molecule has 0 fully saturated rings. The predicted molar refractivity (Wildman–Crippen MR) is 80.0 cm³/mol. The Morgan fingerprint density at radius 3 is 2.72 bits per heavy atom. The Morgan fingerprint density at radius 2 is 2.22 bits per heavy atom. The Morgan fingerprint density at radius 1 is 1.50 bits per heavy atom. The second kappa shape index (κ2) is 5.55. The lowest BCUT2D eigenvalue weighted by atomic mass is 10.1. The van der Waals surface area contributed by atoms with Crippen molar-refractivity contribution in [3.63, 3.8) is 0 Å². The van der Waals surface area contributed by atoms with Crippen molar-refractivity contribution in [2.24, 2.45) is 7.05 Å². The molecule has 1 unspecified atom stereocenters. The van der Waals surface area contributed by atoms with Gasteiger partial charge in [0.2, 0.25) is 0 Å². The van der Waals surface area contributed by atoms with Gasteiger partial charge in [-0.15, -0.1) is 11.3 Å². The van der Waals surface area contributed by atoms with Crippen molar-refractivity contribution in [2.45, 2.75) is 33.4 Å². The Hall–Kier alpha value is -0.650. The van der Waals surface area contributed by atoms with Gasteiger partial charge in [-0.25, -0.2) is 0 Å². The molecule has 0 aliphatic heterocycles. The first-order valence-electron chi connectivity index (χ1n) is 5.95. The van der Waals surface area contributed by atoms with Gasteiger partial charge in [0, 0.05) is 45.6 Å². The molecule has 2 heterocycles. The number of halogens is 1. The van der Waals surface area contributed by atoms with E-state index in [2.05, 4.69) is 58.6 Å². The summed E-state index contributed by atoms with van der Waals surface area (Å²) in [5.41, 5.74) is 3.66. The van der Waals surface area contributed by atoms with Gasteiger partial charge in [0.05, 0.1) is 5.69 Å². The van der Waals surface area contributed by atoms with Crippen LogP contribution in [0.25, 0.3) is 0 Å². The lowest BCUT2D eigenvalue weighted by molar-refractivity contribution is 0.572. The van der Waals surface area contributed by atoms with Gasteiger partial charge in [0.25, 0.3) is 0 Å². The summed E-state index contributed by atoms with van der Waals surface area (Å²) in [7, 11) is 1.99. The van der Waals surface area contributed by atoms with Crippen LogP contribution in [0.4, 0.5) is 0 Å². The van der Waals surface area contributed by atoms with E-state index in [9.17, 15) is 0 Å². The molecule has 98 valence electrons. The Kier molecular flexibility index (Phi) is 4.25. The molecule has 2 aromatic rings. The quantitative estimate of drug-likeness (QED) is 0.927. The predicted octanol–water partition coefficient (Wildman–Crippen LogP) is 3.71. The minimum absolute atomic E-state index is 0.319. The van der Waals surface area contributed by atoms with Crippen LogP contribution in [0.5, 0.6) is 0 Å². The molecule has 3 nitrogen and oxygen atoms in total. The van der Waals surface area contributed by atoms with Crippen LogP contribution in [-0.4, -0.2) is 9.78 Å². The number of rotatable bonds is 4. The zero-order valence-corrected chi connectivity index (χ0v) is 13.5. The third kappa shape index (κ3) is 2.84. The summed E-state index contributed by atoms with van der Waals surface area (Å²) < 4.78 is 3.11. The SMILES string of the molecule is Cc1nn(C)c(C)c1C(C)NCc1cc(Br)cs1. The fraction of sp³-hybridized carbons (Fsp3) is 0.462. The molecule has 0 spiro atoms. The normalized spacial score (nSPS) is 12.9. The van der Waals surface area contributed by atoms with E-state index in [1.165, 1.54) is 16.1 Å². The molecule has 5 heteroatoms. The smallest absolute Gasteiger partial charge is 0.0644 e. The second-order valence-corrected chi connectivity index (χ2v) is 6.45. The van der Waals surface area contributed by atoms with E-state index in [-0.39, 0.29) is 0 Å². The molecule has 0 aromatic carbocycles. The van der Waals surface area contributed by atoms with Gasteiger partial charge in [-0.3, -0.25) is 4.68 Å². The third-order valence-corrected chi connectivity index (χ3v) is 4.90. The summed E-state index contributed by atoms with van der Waals surface area (Å²) in [5.74, 6) is 0. The highest BCUT2D eigenvalue weighted by Gasteiger charge is 2.15. The lowest BCUT2D eigenvalue weighted by Gasteiger charge is -2.14. The molecule has 0 radical (unpaired) electrons. The molecule has 2 aromatic heterocycles. The summed E-state index contributed by atoms with van der Waals surface area (Å²) >= 11 is 5.25. The average molecular weight is 328 g/mol. The van der Waals surface area contributed by atoms with Gasteiger partial charge in [0.15, 0.2) is 0 Å². The number of thiophene rings is 1. The summed E-state index contributed by atoms with van der Waals surface area (Å²) in [5, 5.41) is 10.1. The van der Waals surface area contributed by atoms with E-state index in [0.29, 0.717) is 6.04 Å². The van der Waals surface area contributed by atoms with Crippen LogP contribution in [0.3, 0.4) is 0 Å². The Bertz CT molecular complexity index is 544. The zero-order chi connectivity index (χ0) is 13.3. The minimum Gasteiger partial charge on any atom is -0.305 e. The maximum atomic E-state index is 4.46. The van der Waals surface area contributed by atoms with Crippen LogP contribution >= 0.6 is 27.3 Å². The summed E-state index contributed by atoms with van der Waals surface area (Å²) in [6.45, 7) is 7.28. The number of nitrogens with zero attached hydrogens (tertiary/aromatic N) is 2. The van der Waals surface area contributed by atoms with Gasteiger partial charge >= 0.3 is 0 Å². The lowest BCUT2D eigenvalue weighted by Crippen LogP contribution is -2.18. The Labute approximate surface area is 120 Å². The molecule has 0 saturated heterocycles. The van der Waals surface area contributed by atoms with E-state index in [1.807, 2.05) is 11.7 Å². The fourth-order valence-electron chi connectivity index (χ4n) is 2.22. The molecule has 18 heavy (non-hydrogen) atoms. The molecular weight excluding hydrogens is 310 g/mol. The monoisotopic (exact) mass is 327 g/mol. The first-order valence-corrected chi connectivity index (χ1v) is 7.62. The first-order chi connectivity index (χ1) is 8.49. The van der Waals surface area contributed by atoms with Crippen LogP contribution in [0.2, 0.25) is 0 Å². The van der Waals surface area contributed by atoms with E-state index in [4.69, 9.17) is 0 Å². The van der Waals surface area contributed by atoms with E-state index in [0.717, 1.165) is 16.7 Å². The molecule has 2 rings (SSSR count). The van der Waals surface area contributed by atoms with Crippen LogP contribution < -0.4 is 5.32 Å². The number of aryl methyl sites for hydroxylation is 2. The van der Waals surface area contributed by atoms with Crippen molar-refractivity contribution in [3.05, 3.63) is 37.7 Å². The summed E-state index contributed by atoms with van der Waals surface area (Å²) in [6, 6.07) is 2.48. The summed E-state index contributed by atoms with van der Waals surface area (Å²) in [4.78, 5) is 1.34. The van der Waals surface area contributed by atoms with Crippen LogP contribution in [0, 0.1) is 13.8 Å². The van der Waals surface area contributed by atoms with Crippen molar-refractivity contribution < 1.29 is 0 Å². The van der Waals surface area contributed by atoms with Gasteiger partial charge < -0.3 is 5.32 Å². The van der Waals surface area contributed by atoms with Crippen LogP contribution in [-0.2, 0) is 13.6 Å². The number of aromatic nitrogens is 2. The maximum Gasteiger partial charge on any atom is 0.0644 e. The number of nitrogens with one attached hydrogen (secondary N) is 1. The maximum absolute atomic E-state index is 4.46. The standard InChI is InChI=1S/C13H18BrN3S/c1-8(13-9(2)16-17(4)10(13)3)15-6-12-5-11(14)7-18-12/h5,7-8,15H,6H2,1-4H3. The molecule has 0 bridgehead atoms. The van der Waals surface area contributed by atoms with Gasteiger partial charge in [-0.05, 0) is 42.8 Å². The van der Waals surface area contributed by atoms with E-state index in [1.54, 1.807) is 11.3 Å². The highest BCUT2D eigenvalue weighted by molar-refractivity contribution is 9.10. The molecule has 0 aliphatic rings.